The van der Waals surface area contributed by atoms with E-state index in [1.807, 2.05) is 0 Å². The molecule has 1 aromatic heterocycles. The summed E-state index contributed by atoms with van der Waals surface area (Å²) in [5.41, 5.74) is 4.48. The topological polar surface area (TPSA) is 101 Å². The Kier molecular flexibility index (Phi) is 2.99. The first-order valence-electron chi connectivity index (χ1n) is 4.31. The van der Waals surface area contributed by atoms with Crippen LogP contribution in [-0.2, 0) is 0 Å². The number of hydrogen-bond acceptors (Lipinski definition) is 4. The molecule has 6 nitrogen and oxygen atoms in total. The predicted molar refractivity (Wildman–Crippen MR) is 53.7 cm³/mol. The highest BCUT2D eigenvalue weighted by Crippen LogP contribution is 2.06. The van der Waals surface area contributed by atoms with Crippen molar-refractivity contribution in [2.45, 2.75) is 19.4 Å². The third kappa shape index (κ3) is 2.49. The first-order chi connectivity index (χ1) is 6.97. The van der Waals surface area contributed by atoms with E-state index in [2.05, 4.69) is 10.5 Å². The number of oxime groups is 1. The summed E-state index contributed by atoms with van der Waals surface area (Å²) in [7, 11) is 0. The molecular formula is C9H13N3O3. The molecule has 1 aromatic rings. The minimum absolute atomic E-state index is 0.0811. The average molecular weight is 211 g/mol. The van der Waals surface area contributed by atoms with Crippen molar-refractivity contribution in [1.82, 2.24) is 5.32 Å². The molecule has 1 heterocycles. The Morgan fingerprint density at radius 3 is 2.80 bits per heavy atom. The van der Waals surface area contributed by atoms with Gasteiger partial charge in [-0.1, -0.05) is 5.16 Å². The minimum atomic E-state index is -0.932. The standard InChI is InChI=1S/C9H13N3O3/c1-9(2,8(10)12-14)11-7(13)6-4-3-5-15-6/h3-5,14H,1-2H3,(H2,10,12)(H,11,13). The van der Waals surface area contributed by atoms with Gasteiger partial charge in [-0.3, -0.25) is 4.79 Å². The van der Waals surface area contributed by atoms with E-state index in [0.29, 0.717) is 0 Å². The van der Waals surface area contributed by atoms with Crippen molar-refractivity contribution in [1.29, 1.82) is 0 Å². The van der Waals surface area contributed by atoms with Gasteiger partial charge in [-0.05, 0) is 26.0 Å². The van der Waals surface area contributed by atoms with E-state index < -0.39 is 11.4 Å². The third-order valence-electron chi connectivity index (χ3n) is 1.92. The zero-order valence-electron chi connectivity index (χ0n) is 8.52. The lowest BCUT2D eigenvalue weighted by atomic mass is 10.0. The smallest absolute Gasteiger partial charge is 0.287 e. The average Bonchev–Trinajstić information content (AvgIpc) is 2.68. The van der Waals surface area contributed by atoms with Gasteiger partial charge < -0.3 is 20.7 Å². The zero-order valence-corrected chi connectivity index (χ0v) is 8.52. The molecule has 4 N–H and O–H groups in total. The summed E-state index contributed by atoms with van der Waals surface area (Å²) in [6, 6.07) is 3.13. The monoisotopic (exact) mass is 211 g/mol. The summed E-state index contributed by atoms with van der Waals surface area (Å²) in [6.45, 7) is 3.23. The van der Waals surface area contributed by atoms with Gasteiger partial charge in [0.2, 0.25) is 0 Å². The van der Waals surface area contributed by atoms with Crippen LogP contribution in [0.5, 0.6) is 0 Å². The molecule has 0 radical (unpaired) electrons. The number of rotatable bonds is 3. The summed E-state index contributed by atoms with van der Waals surface area (Å²) in [4.78, 5) is 11.5. The molecule has 82 valence electrons. The molecule has 0 unspecified atom stereocenters. The van der Waals surface area contributed by atoms with E-state index >= 15 is 0 Å². The lowest BCUT2D eigenvalue weighted by Gasteiger charge is -2.23. The van der Waals surface area contributed by atoms with E-state index in [1.54, 1.807) is 19.9 Å². The van der Waals surface area contributed by atoms with Gasteiger partial charge in [0.1, 0.15) is 0 Å². The first kappa shape index (κ1) is 11.1. The van der Waals surface area contributed by atoms with Crippen LogP contribution >= 0.6 is 0 Å². The number of nitrogens with two attached hydrogens (primary N) is 1. The molecule has 0 fully saturated rings. The van der Waals surface area contributed by atoms with Crippen molar-refractivity contribution in [3.63, 3.8) is 0 Å². The molecule has 0 aliphatic carbocycles. The van der Waals surface area contributed by atoms with Crippen LogP contribution in [-0.4, -0.2) is 22.5 Å². The fourth-order valence-electron chi connectivity index (χ4n) is 0.942. The summed E-state index contributed by atoms with van der Waals surface area (Å²) in [6.07, 6.45) is 1.39. The lowest BCUT2D eigenvalue weighted by Crippen LogP contribution is -2.53. The Hall–Kier alpha value is -1.98. The second-order valence-corrected chi connectivity index (χ2v) is 3.54. The van der Waals surface area contributed by atoms with Crippen LogP contribution in [0, 0.1) is 0 Å². The summed E-state index contributed by atoms with van der Waals surface area (Å²) in [5.74, 6) is -0.326. The quantitative estimate of drug-likeness (QED) is 0.294. The number of carbonyl (C=O) groups excluding carboxylic acids is 1. The van der Waals surface area contributed by atoms with Gasteiger partial charge in [-0.2, -0.15) is 0 Å². The zero-order chi connectivity index (χ0) is 11.5. The van der Waals surface area contributed by atoms with Crippen LogP contribution in [0.1, 0.15) is 24.4 Å². The number of amides is 1. The van der Waals surface area contributed by atoms with Crippen molar-refractivity contribution < 1.29 is 14.4 Å². The SMILES string of the molecule is CC(C)(NC(=O)c1ccco1)/C(N)=N/O. The van der Waals surface area contributed by atoms with Crippen LogP contribution in [0.25, 0.3) is 0 Å². The van der Waals surface area contributed by atoms with Crippen molar-refractivity contribution in [3.8, 4) is 0 Å². The molecule has 0 aromatic carbocycles. The maximum absolute atomic E-state index is 11.5. The molecule has 1 amide bonds. The van der Waals surface area contributed by atoms with Crippen LogP contribution in [0.15, 0.2) is 28.0 Å². The van der Waals surface area contributed by atoms with Gasteiger partial charge >= 0.3 is 0 Å². The Balaban J connectivity index is 2.75. The van der Waals surface area contributed by atoms with Gasteiger partial charge in [-0.25, -0.2) is 0 Å². The van der Waals surface area contributed by atoms with E-state index in [-0.39, 0.29) is 11.6 Å². The Morgan fingerprint density at radius 2 is 2.33 bits per heavy atom. The van der Waals surface area contributed by atoms with Crippen LogP contribution in [0.3, 0.4) is 0 Å². The van der Waals surface area contributed by atoms with Crippen molar-refractivity contribution in [2.24, 2.45) is 10.9 Å². The van der Waals surface area contributed by atoms with E-state index in [0.717, 1.165) is 0 Å². The maximum Gasteiger partial charge on any atom is 0.287 e. The molecule has 15 heavy (non-hydrogen) atoms. The second kappa shape index (κ2) is 4.04. The van der Waals surface area contributed by atoms with Crippen molar-refractivity contribution in [2.75, 3.05) is 0 Å². The van der Waals surface area contributed by atoms with Crippen molar-refractivity contribution >= 4 is 11.7 Å². The normalized spacial score (nSPS) is 12.5. The van der Waals surface area contributed by atoms with Gasteiger partial charge in [0.25, 0.3) is 5.91 Å². The molecule has 0 aliphatic rings. The fraction of sp³-hybridized carbons (Fsp3) is 0.333. The van der Waals surface area contributed by atoms with Gasteiger partial charge in [-0.15, -0.1) is 0 Å². The number of nitrogens with one attached hydrogen (secondary N) is 1. The molecular weight excluding hydrogens is 198 g/mol. The first-order valence-corrected chi connectivity index (χ1v) is 4.31. The molecule has 0 saturated carbocycles. The highest BCUT2D eigenvalue weighted by molar-refractivity contribution is 5.98. The van der Waals surface area contributed by atoms with Crippen LogP contribution < -0.4 is 11.1 Å². The van der Waals surface area contributed by atoms with Crippen LogP contribution in [0.2, 0.25) is 0 Å². The van der Waals surface area contributed by atoms with E-state index in [1.165, 1.54) is 12.3 Å². The number of carbonyl (C=O) groups is 1. The third-order valence-corrected chi connectivity index (χ3v) is 1.92. The van der Waals surface area contributed by atoms with Crippen molar-refractivity contribution in [3.05, 3.63) is 24.2 Å². The highest BCUT2D eigenvalue weighted by atomic mass is 16.4. The summed E-state index contributed by atoms with van der Waals surface area (Å²) < 4.78 is 4.90. The van der Waals surface area contributed by atoms with Gasteiger partial charge in [0.15, 0.2) is 11.6 Å². The molecule has 0 bridgehead atoms. The molecule has 0 atom stereocenters. The highest BCUT2D eigenvalue weighted by Gasteiger charge is 2.27. The molecule has 0 saturated heterocycles. The predicted octanol–water partition coefficient (Wildman–Crippen LogP) is 0.534. The number of furan rings is 1. The molecule has 0 spiro atoms. The molecule has 1 rings (SSSR count). The minimum Gasteiger partial charge on any atom is -0.459 e. The fourth-order valence-corrected chi connectivity index (χ4v) is 0.942. The Labute approximate surface area is 86.7 Å². The largest absolute Gasteiger partial charge is 0.459 e. The Bertz CT molecular complexity index is 368. The molecule has 6 heteroatoms. The second-order valence-electron chi connectivity index (χ2n) is 3.54. The lowest BCUT2D eigenvalue weighted by molar-refractivity contribution is 0.0902. The van der Waals surface area contributed by atoms with E-state index in [4.69, 9.17) is 15.4 Å². The van der Waals surface area contributed by atoms with Gasteiger partial charge in [0, 0.05) is 0 Å². The maximum atomic E-state index is 11.5. The summed E-state index contributed by atoms with van der Waals surface area (Å²) in [5, 5.41) is 13.9. The number of hydrogen-bond donors (Lipinski definition) is 3. The van der Waals surface area contributed by atoms with Gasteiger partial charge in [0.05, 0.1) is 11.8 Å². The summed E-state index contributed by atoms with van der Waals surface area (Å²) >= 11 is 0. The Morgan fingerprint density at radius 1 is 1.67 bits per heavy atom. The van der Waals surface area contributed by atoms with Crippen LogP contribution in [0.4, 0.5) is 0 Å². The molecule has 0 aliphatic heterocycles. The number of nitrogens with zero attached hydrogens (tertiary/aromatic N) is 1. The number of amidine groups is 1. The van der Waals surface area contributed by atoms with E-state index in [9.17, 15) is 4.79 Å².